The van der Waals surface area contributed by atoms with Crippen molar-refractivity contribution in [1.82, 2.24) is 25.3 Å². The first-order valence-electron chi connectivity index (χ1n) is 11.1. The number of hydrogen-bond acceptors (Lipinski definition) is 7. The first-order chi connectivity index (χ1) is 15.5. The van der Waals surface area contributed by atoms with E-state index >= 15 is 0 Å². The van der Waals surface area contributed by atoms with Crippen molar-refractivity contribution in [2.75, 3.05) is 6.61 Å². The summed E-state index contributed by atoms with van der Waals surface area (Å²) in [6, 6.07) is 3.58. The molecule has 2 aliphatic rings. The van der Waals surface area contributed by atoms with Crippen LogP contribution in [-0.4, -0.2) is 49.9 Å². The number of carbonyl (C=O) groups is 2. The number of pyridine rings is 1. The second-order valence-corrected chi connectivity index (χ2v) is 8.55. The minimum absolute atomic E-state index is 0.125. The maximum absolute atomic E-state index is 11.9. The van der Waals surface area contributed by atoms with Crippen molar-refractivity contribution in [2.45, 2.75) is 57.6 Å². The molecule has 32 heavy (non-hydrogen) atoms. The third kappa shape index (κ3) is 5.74. The van der Waals surface area contributed by atoms with Crippen LogP contribution in [0.1, 0.15) is 50.6 Å². The standard InChI is InChI=1S/C22H29N5O5/c1-27-19(13-24-22(30)31-10-9-14-5-6-14)20(25-26-27)18-8-7-17(12-23-18)32-16-4-2-3-15(11-16)21(28)29/h7-8,12,14-16H,2-6,9-11,13H2,1H3,(H,24,30)(H,28,29)/t15?,16-/m0/s1. The van der Waals surface area contributed by atoms with E-state index in [0.717, 1.165) is 19.3 Å². The van der Waals surface area contributed by atoms with Crippen molar-refractivity contribution in [1.29, 1.82) is 0 Å². The molecule has 1 unspecified atom stereocenters. The van der Waals surface area contributed by atoms with Gasteiger partial charge in [0.1, 0.15) is 11.4 Å². The molecule has 10 nitrogen and oxygen atoms in total. The van der Waals surface area contributed by atoms with Crippen molar-refractivity contribution in [3.8, 4) is 17.1 Å². The topological polar surface area (TPSA) is 128 Å². The van der Waals surface area contributed by atoms with E-state index in [0.29, 0.717) is 48.2 Å². The molecular weight excluding hydrogens is 414 g/mol. The summed E-state index contributed by atoms with van der Waals surface area (Å²) in [6.07, 6.45) is 7.29. The number of carbonyl (C=O) groups excluding carboxylic acids is 1. The number of nitrogens with zero attached hydrogens (tertiary/aromatic N) is 4. The van der Waals surface area contributed by atoms with Gasteiger partial charge in [0.15, 0.2) is 0 Å². The molecule has 0 spiro atoms. The summed E-state index contributed by atoms with van der Waals surface area (Å²) in [5.41, 5.74) is 1.89. The first-order valence-corrected chi connectivity index (χ1v) is 11.1. The van der Waals surface area contributed by atoms with E-state index in [1.807, 2.05) is 0 Å². The van der Waals surface area contributed by atoms with Crippen LogP contribution in [0.5, 0.6) is 5.75 Å². The average Bonchev–Trinajstić information content (AvgIpc) is 3.54. The number of nitrogens with one attached hydrogen (secondary N) is 1. The van der Waals surface area contributed by atoms with Crippen LogP contribution in [0.15, 0.2) is 18.3 Å². The number of aliphatic carboxylic acids is 1. The molecular formula is C22H29N5O5. The van der Waals surface area contributed by atoms with Gasteiger partial charge in [-0.1, -0.05) is 18.1 Å². The van der Waals surface area contributed by atoms with Crippen LogP contribution < -0.4 is 10.1 Å². The van der Waals surface area contributed by atoms with Gasteiger partial charge >= 0.3 is 12.1 Å². The summed E-state index contributed by atoms with van der Waals surface area (Å²) in [4.78, 5) is 27.6. The second-order valence-electron chi connectivity index (χ2n) is 8.55. The van der Waals surface area contributed by atoms with Gasteiger partial charge in [-0.3, -0.25) is 9.78 Å². The predicted molar refractivity (Wildman–Crippen MR) is 114 cm³/mol. The van der Waals surface area contributed by atoms with Crippen LogP contribution in [0.25, 0.3) is 11.4 Å². The molecule has 2 aliphatic carbocycles. The second kappa shape index (κ2) is 9.97. The normalized spacial score (nSPS) is 20.5. The molecule has 2 fully saturated rings. The highest BCUT2D eigenvalue weighted by molar-refractivity contribution is 5.70. The Labute approximate surface area is 186 Å². The zero-order valence-electron chi connectivity index (χ0n) is 18.2. The zero-order valence-corrected chi connectivity index (χ0v) is 18.2. The predicted octanol–water partition coefficient (Wildman–Crippen LogP) is 2.93. The first kappa shape index (κ1) is 22.0. The number of carboxylic acid groups (broad SMARTS) is 1. The molecule has 2 saturated carbocycles. The summed E-state index contributed by atoms with van der Waals surface area (Å²) in [7, 11) is 1.76. The fourth-order valence-electron chi connectivity index (χ4n) is 3.96. The van der Waals surface area contributed by atoms with Gasteiger partial charge in [0.25, 0.3) is 0 Å². The molecule has 2 aromatic heterocycles. The number of amides is 1. The van der Waals surface area contributed by atoms with Gasteiger partial charge in [-0.05, 0) is 50.2 Å². The fourth-order valence-corrected chi connectivity index (χ4v) is 3.96. The van der Waals surface area contributed by atoms with E-state index in [2.05, 4.69) is 20.6 Å². The van der Waals surface area contributed by atoms with E-state index in [1.165, 1.54) is 12.8 Å². The Kier molecular flexibility index (Phi) is 6.87. The van der Waals surface area contributed by atoms with Gasteiger partial charge in [0.05, 0.1) is 42.8 Å². The summed E-state index contributed by atoms with van der Waals surface area (Å²) in [6.45, 7) is 0.657. The summed E-state index contributed by atoms with van der Waals surface area (Å²) in [5, 5.41) is 20.2. The Morgan fingerprint density at radius 1 is 1.25 bits per heavy atom. The highest BCUT2D eigenvalue weighted by Crippen LogP contribution is 2.32. The minimum atomic E-state index is -0.762. The smallest absolute Gasteiger partial charge is 0.407 e. The quantitative estimate of drug-likeness (QED) is 0.605. The molecule has 0 radical (unpaired) electrons. The number of alkyl carbamates (subject to hydrolysis) is 1. The van der Waals surface area contributed by atoms with Gasteiger partial charge in [-0.15, -0.1) is 5.10 Å². The monoisotopic (exact) mass is 443 g/mol. The summed E-state index contributed by atoms with van der Waals surface area (Å²) < 4.78 is 12.8. The Hall–Kier alpha value is -3.17. The molecule has 2 atom stereocenters. The third-order valence-electron chi connectivity index (χ3n) is 6.06. The van der Waals surface area contributed by atoms with Gasteiger partial charge in [0, 0.05) is 7.05 Å². The largest absolute Gasteiger partial charge is 0.489 e. The van der Waals surface area contributed by atoms with Crippen LogP contribution in [0.2, 0.25) is 0 Å². The lowest BCUT2D eigenvalue weighted by Gasteiger charge is -2.27. The zero-order chi connectivity index (χ0) is 22.5. The maximum atomic E-state index is 11.9. The lowest BCUT2D eigenvalue weighted by Crippen LogP contribution is -2.29. The van der Waals surface area contributed by atoms with E-state index in [1.54, 1.807) is 30.1 Å². The number of carboxylic acids is 1. The number of rotatable bonds is 9. The molecule has 0 saturated heterocycles. The highest BCUT2D eigenvalue weighted by atomic mass is 16.5. The molecule has 0 aromatic carbocycles. The number of aryl methyl sites for hydroxylation is 1. The van der Waals surface area contributed by atoms with Crippen LogP contribution in [-0.2, 0) is 23.1 Å². The van der Waals surface area contributed by atoms with Crippen molar-refractivity contribution >= 4 is 12.1 Å². The number of ether oxygens (including phenoxy) is 2. The summed E-state index contributed by atoms with van der Waals surface area (Å²) >= 11 is 0. The molecule has 0 aliphatic heterocycles. The fraction of sp³-hybridized carbons (Fsp3) is 0.591. The van der Waals surface area contributed by atoms with Crippen molar-refractivity contribution in [3.05, 3.63) is 24.0 Å². The van der Waals surface area contributed by atoms with Crippen molar-refractivity contribution < 1.29 is 24.2 Å². The van der Waals surface area contributed by atoms with Gasteiger partial charge < -0.3 is 19.9 Å². The van der Waals surface area contributed by atoms with Crippen LogP contribution in [0.3, 0.4) is 0 Å². The van der Waals surface area contributed by atoms with E-state index in [-0.39, 0.29) is 18.6 Å². The van der Waals surface area contributed by atoms with Gasteiger partial charge in [-0.2, -0.15) is 0 Å². The average molecular weight is 444 g/mol. The number of aromatic nitrogens is 4. The molecule has 2 aromatic rings. The molecule has 2 N–H and O–H groups in total. The van der Waals surface area contributed by atoms with Crippen LogP contribution in [0.4, 0.5) is 4.79 Å². The molecule has 172 valence electrons. The Balaban J connectivity index is 1.33. The third-order valence-corrected chi connectivity index (χ3v) is 6.06. The van der Waals surface area contributed by atoms with Crippen LogP contribution in [0, 0.1) is 11.8 Å². The van der Waals surface area contributed by atoms with Crippen molar-refractivity contribution in [2.24, 2.45) is 18.9 Å². The lowest BCUT2D eigenvalue weighted by atomic mass is 9.87. The number of hydrogen-bond donors (Lipinski definition) is 2. The Morgan fingerprint density at radius 2 is 2.09 bits per heavy atom. The molecule has 4 rings (SSSR count). The Bertz CT molecular complexity index is 941. The van der Waals surface area contributed by atoms with Crippen molar-refractivity contribution in [3.63, 3.8) is 0 Å². The van der Waals surface area contributed by atoms with E-state index in [9.17, 15) is 14.7 Å². The molecule has 2 heterocycles. The van der Waals surface area contributed by atoms with E-state index in [4.69, 9.17) is 9.47 Å². The lowest BCUT2D eigenvalue weighted by molar-refractivity contribution is -0.143. The SMILES string of the molecule is Cn1nnc(-c2ccc(O[C@H]3CCCC(C(=O)O)C3)cn2)c1CNC(=O)OCCC1CC1. The Morgan fingerprint density at radius 3 is 2.81 bits per heavy atom. The maximum Gasteiger partial charge on any atom is 0.407 e. The molecule has 0 bridgehead atoms. The summed E-state index contributed by atoms with van der Waals surface area (Å²) in [5.74, 6) is 0.191. The highest BCUT2D eigenvalue weighted by Gasteiger charge is 2.28. The van der Waals surface area contributed by atoms with Crippen LogP contribution >= 0.6 is 0 Å². The van der Waals surface area contributed by atoms with Gasteiger partial charge in [0.2, 0.25) is 0 Å². The molecule has 10 heteroatoms. The van der Waals surface area contributed by atoms with E-state index < -0.39 is 12.1 Å². The van der Waals surface area contributed by atoms with Gasteiger partial charge in [-0.25, -0.2) is 9.48 Å². The molecule has 1 amide bonds. The minimum Gasteiger partial charge on any atom is -0.489 e.